The summed E-state index contributed by atoms with van der Waals surface area (Å²) in [7, 11) is 2.08. The number of benzene rings is 8. The van der Waals surface area contributed by atoms with Crippen LogP contribution in [0, 0.1) is 41.5 Å². The minimum absolute atomic E-state index is 0.0861. The number of hydrogen-bond donors (Lipinski definition) is 0. The molecule has 1 aromatic heterocycles. The van der Waals surface area contributed by atoms with E-state index in [0.29, 0.717) is 0 Å². The van der Waals surface area contributed by atoms with Gasteiger partial charge in [0.15, 0.2) is 7.05 Å². The van der Waals surface area contributed by atoms with Crippen molar-refractivity contribution in [2.45, 2.75) is 84.1 Å². The molecule has 73 heavy (non-hydrogen) atoms. The first kappa shape index (κ1) is 44.9. The van der Waals surface area contributed by atoms with E-state index >= 15 is 0 Å². The zero-order valence-corrected chi connectivity index (χ0v) is 43.7. The van der Waals surface area contributed by atoms with Gasteiger partial charge < -0.3 is 0 Å². The molecule has 0 amide bonds. The highest BCUT2D eigenvalue weighted by atomic mass is 15.2. The Labute approximate surface area is 431 Å². The monoisotopic (exact) mass is 943 g/mol. The van der Waals surface area contributed by atoms with E-state index in [-0.39, 0.29) is 5.41 Å². The highest BCUT2D eigenvalue weighted by Crippen LogP contribution is 2.62. The van der Waals surface area contributed by atoms with Crippen LogP contribution in [0.15, 0.2) is 188 Å². The van der Waals surface area contributed by atoms with Gasteiger partial charge in [-0.25, -0.2) is 0 Å². The normalized spacial score (nSPS) is 15.8. The van der Waals surface area contributed by atoms with Crippen molar-refractivity contribution in [2.24, 2.45) is 0 Å². The van der Waals surface area contributed by atoms with Gasteiger partial charge >= 0.3 is 6.01 Å². The lowest BCUT2D eigenvalue weighted by Crippen LogP contribution is -2.38. The lowest BCUT2D eigenvalue weighted by molar-refractivity contribution is -0.533. The summed E-state index contributed by atoms with van der Waals surface area (Å²) in [5.41, 5.74) is 28.2. The molecule has 0 fully saturated rings. The highest BCUT2D eigenvalue weighted by Gasteiger charge is 2.58. The summed E-state index contributed by atoms with van der Waals surface area (Å²) in [5.74, 6) is 0. The molecular formula is C70H61N3+2. The van der Waals surface area contributed by atoms with E-state index in [4.69, 9.17) is 4.98 Å². The largest absolute Gasteiger partial charge is 0.490 e. The molecule has 0 radical (unpaired) electrons. The molecule has 0 N–H and O–H groups in total. The SMILES string of the molecule is Cc1cccc2c1-c1c(C)cccc1C2(c1cccc(C2(c3cc(C(C)(C)C)ccn3)c3cccc(C)c3-c3c(C)cccc32)c1)c1cccc(C2([N+]3=C=[N+](C)C=C3)c3cccc(C)c3-c3c(C)cccc32)c1. The van der Waals surface area contributed by atoms with Crippen LogP contribution >= 0.6 is 0 Å². The summed E-state index contributed by atoms with van der Waals surface area (Å²) in [4.78, 5) is 5.47. The van der Waals surface area contributed by atoms with Gasteiger partial charge in [0.05, 0.1) is 16.5 Å². The maximum absolute atomic E-state index is 5.47. The Bertz CT molecular complexity index is 3820. The van der Waals surface area contributed by atoms with Gasteiger partial charge in [0.2, 0.25) is 12.4 Å². The zero-order chi connectivity index (χ0) is 50.3. The second-order valence-corrected chi connectivity index (χ2v) is 22.4. The summed E-state index contributed by atoms with van der Waals surface area (Å²) in [6, 6.07) is 69.3. The molecule has 0 bridgehead atoms. The molecule has 3 aliphatic carbocycles. The first-order chi connectivity index (χ1) is 35.2. The number of aryl methyl sites for hydroxylation is 6. The van der Waals surface area contributed by atoms with Crippen molar-refractivity contribution in [1.82, 2.24) is 4.98 Å². The molecule has 2 heterocycles. The zero-order valence-electron chi connectivity index (χ0n) is 43.7. The van der Waals surface area contributed by atoms with Crippen molar-refractivity contribution < 1.29 is 9.15 Å². The van der Waals surface area contributed by atoms with Gasteiger partial charge in [-0.15, -0.1) is 0 Å². The molecule has 9 aromatic rings. The van der Waals surface area contributed by atoms with Crippen LogP contribution in [-0.4, -0.2) is 27.2 Å². The Balaban J connectivity index is 1.17. The number of rotatable bonds is 6. The average molecular weight is 944 g/mol. The van der Waals surface area contributed by atoms with Gasteiger partial charge in [0, 0.05) is 22.9 Å². The quantitative estimate of drug-likeness (QED) is 0.152. The maximum atomic E-state index is 5.47. The van der Waals surface area contributed by atoms with E-state index in [0.717, 1.165) is 5.69 Å². The topological polar surface area (TPSA) is 18.9 Å². The van der Waals surface area contributed by atoms with Crippen molar-refractivity contribution in [3.8, 4) is 33.4 Å². The van der Waals surface area contributed by atoms with E-state index in [1.165, 1.54) is 128 Å². The molecule has 3 nitrogen and oxygen atoms in total. The Hall–Kier alpha value is -7.97. The van der Waals surface area contributed by atoms with Gasteiger partial charge in [-0.1, -0.05) is 182 Å². The van der Waals surface area contributed by atoms with Crippen LogP contribution in [0.3, 0.4) is 0 Å². The van der Waals surface area contributed by atoms with Crippen LogP contribution in [0.1, 0.15) is 121 Å². The Morgan fingerprint density at radius 2 is 0.753 bits per heavy atom. The van der Waals surface area contributed by atoms with Gasteiger partial charge in [0.25, 0.3) is 5.54 Å². The van der Waals surface area contributed by atoms with E-state index in [1.54, 1.807) is 0 Å². The molecule has 0 saturated heterocycles. The standard InChI is InChI=1S/C70H61N3/c1-43-19-11-29-54-61(43)62-44(2)20-12-30-55(62)68(54,51-26-18-28-53(40-51)70(73-38-37-72(10)42-73)58-33-15-23-47(5)65(58)66-48(6)24-16-34-59(66)70)50-25-17-27-52(39-50)69(60-41-49(35-36-71-60)67(7,8)9)56-31-13-21-45(3)63(56)64-46(4)22-14-32-57(64)69/h11-41H,1-10H3/q+2. The lowest BCUT2D eigenvalue weighted by atomic mass is 9.64. The predicted octanol–water partition coefficient (Wildman–Crippen LogP) is 15.5. The molecule has 3 heteroatoms. The minimum Gasteiger partial charge on any atom is -0.260 e. The summed E-state index contributed by atoms with van der Waals surface area (Å²) < 4.78 is 4.40. The second-order valence-electron chi connectivity index (χ2n) is 22.4. The first-order valence-electron chi connectivity index (χ1n) is 26.0. The molecule has 13 rings (SSSR count). The second kappa shape index (κ2) is 15.8. The minimum atomic E-state index is -0.726. The third kappa shape index (κ3) is 5.86. The fraction of sp³-hybridized carbons (Fsp3) is 0.200. The Morgan fingerprint density at radius 1 is 0.397 bits per heavy atom. The highest BCUT2D eigenvalue weighted by molar-refractivity contribution is 5.93. The summed E-state index contributed by atoms with van der Waals surface area (Å²) in [5, 5.41) is 0. The van der Waals surface area contributed by atoms with Crippen LogP contribution in [0.4, 0.5) is 0 Å². The molecule has 0 atom stereocenters. The summed E-state index contributed by atoms with van der Waals surface area (Å²) >= 11 is 0. The van der Waals surface area contributed by atoms with Gasteiger partial charge in [-0.3, -0.25) is 4.98 Å². The summed E-state index contributed by atoms with van der Waals surface area (Å²) in [6.07, 6.45) is 6.39. The fourth-order valence-corrected chi connectivity index (χ4v) is 14.2. The van der Waals surface area contributed by atoms with Crippen LogP contribution < -0.4 is 0 Å². The third-order valence-corrected chi connectivity index (χ3v) is 17.3. The molecule has 1 aliphatic heterocycles. The Kier molecular flexibility index (Phi) is 9.70. The Morgan fingerprint density at radius 3 is 1.16 bits per heavy atom. The van der Waals surface area contributed by atoms with Gasteiger partial charge in [-0.2, -0.15) is 0 Å². The number of hydrogen-bond acceptors (Lipinski definition) is 1. The summed E-state index contributed by atoms with van der Waals surface area (Å²) in [6.45, 7) is 20.6. The lowest BCUT2D eigenvalue weighted by Gasteiger charge is -2.38. The number of pyridine rings is 1. The van der Waals surface area contributed by atoms with Crippen molar-refractivity contribution in [2.75, 3.05) is 7.05 Å². The fourth-order valence-electron chi connectivity index (χ4n) is 14.2. The van der Waals surface area contributed by atoms with Crippen molar-refractivity contribution in [3.63, 3.8) is 0 Å². The molecular weight excluding hydrogens is 883 g/mol. The molecule has 4 aliphatic rings. The molecule has 0 spiro atoms. The average Bonchev–Trinajstić information content (AvgIpc) is 4.13. The van der Waals surface area contributed by atoms with Crippen LogP contribution in [0.5, 0.6) is 0 Å². The maximum Gasteiger partial charge on any atom is 0.490 e. The number of fused-ring (bicyclic) bond motifs is 9. The van der Waals surface area contributed by atoms with Crippen molar-refractivity contribution in [3.05, 3.63) is 289 Å². The molecule has 8 aromatic carbocycles. The van der Waals surface area contributed by atoms with E-state index in [1.807, 2.05) is 6.20 Å². The third-order valence-electron chi connectivity index (χ3n) is 17.3. The van der Waals surface area contributed by atoms with E-state index in [2.05, 4.69) is 267 Å². The van der Waals surface area contributed by atoms with Crippen LogP contribution in [0.25, 0.3) is 33.4 Å². The molecule has 354 valence electrons. The van der Waals surface area contributed by atoms with Crippen molar-refractivity contribution >= 4 is 6.01 Å². The molecule has 0 unspecified atom stereocenters. The van der Waals surface area contributed by atoms with Gasteiger partial charge in [0.1, 0.15) is 0 Å². The number of aromatic nitrogens is 1. The predicted molar refractivity (Wildman–Crippen MR) is 298 cm³/mol. The molecule has 0 saturated carbocycles. The van der Waals surface area contributed by atoms with Gasteiger partial charge in [-0.05, 0) is 176 Å². The number of nitrogens with zero attached hydrogens (tertiary/aromatic N) is 3. The van der Waals surface area contributed by atoms with Crippen molar-refractivity contribution in [1.29, 1.82) is 0 Å². The van der Waals surface area contributed by atoms with Crippen LogP contribution in [-0.2, 0) is 21.8 Å². The van der Waals surface area contributed by atoms with Crippen LogP contribution in [0.2, 0.25) is 0 Å². The first-order valence-corrected chi connectivity index (χ1v) is 26.0. The smallest absolute Gasteiger partial charge is 0.260 e. The van der Waals surface area contributed by atoms with E-state index in [9.17, 15) is 0 Å². The van der Waals surface area contributed by atoms with E-state index < -0.39 is 16.4 Å².